The average Bonchev–Trinajstić information content (AvgIpc) is 2.40. The molecule has 0 spiro atoms. The van der Waals surface area contributed by atoms with Crippen molar-refractivity contribution in [1.29, 1.82) is 0 Å². The Morgan fingerprint density at radius 3 is 2.63 bits per heavy atom. The zero-order valence-corrected chi connectivity index (χ0v) is 11.2. The van der Waals surface area contributed by atoms with Crippen LogP contribution in [0.25, 0.3) is 22.3 Å². The maximum absolute atomic E-state index is 12.0. The molecule has 0 aliphatic heterocycles. The first-order chi connectivity index (χ1) is 9.15. The van der Waals surface area contributed by atoms with E-state index < -0.39 is 0 Å². The Labute approximate surface area is 118 Å². The van der Waals surface area contributed by atoms with Crippen LogP contribution in [0.15, 0.2) is 47.3 Å². The van der Waals surface area contributed by atoms with Crippen molar-refractivity contribution in [2.24, 2.45) is 0 Å². The van der Waals surface area contributed by atoms with Gasteiger partial charge in [0.25, 0.3) is 5.56 Å². The normalized spacial score (nSPS) is 10.8. The predicted molar refractivity (Wildman–Crippen MR) is 77.8 cm³/mol. The third kappa shape index (κ3) is 2.23. The molecule has 2 aromatic carbocycles. The molecular formula is C14H8Cl2N2O. The van der Waals surface area contributed by atoms with Crippen LogP contribution in [0.1, 0.15) is 0 Å². The van der Waals surface area contributed by atoms with Crippen molar-refractivity contribution in [3.8, 4) is 11.4 Å². The first kappa shape index (κ1) is 12.2. The topological polar surface area (TPSA) is 45.8 Å². The van der Waals surface area contributed by atoms with Crippen LogP contribution in [0, 0.1) is 0 Å². The van der Waals surface area contributed by atoms with Gasteiger partial charge in [-0.2, -0.15) is 0 Å². The van der Waals surface area contributed by atoms with E-state index in [-0.39, 0.29) is 5.56 Å². The van der Waals surface area contributed by atoms with E-state index in [1.807, 2.05) is 18.2 Å². The molecule has 0 atom stereocenters. The van der Waals surface area contributed by atoms with Gasteiger partial charge in [-0.15, -0.1) is 0 Å². The Morgan fingerprint density at radius 2 is 1.84 bits per heavy atom. The largest absolute Gasteiger partial charge is 0.306 e. The van der Waals surface area contributed by atoms with Crippen LogP contribution >= 0.6 is 23.2 Å². The van der Waals surface area contributed by atoms with Crippen molar-refractivity contribution in [3.63, 3.8) is 0 Å². The lowest BCUT2D eigenvalue weighted by Gasteiger charge is -2.05. The second-order valence-electron chi connectivity index (χ2n) is 4.06. The van der Waals surface area contributed by atoms with Gasteiger partial charge in [-0.3, -0.25) is 4.79 Å². The molecule has 0 saturated heterocycles. The summed E-state index contributed by atoms with van der Waals surface area (Å²) in [5.41, 5.74) is 1.05. The van der Waals surface area contributed by atoms with E-state index >= 15 is 0 Å². The lowest BCUT2D eigenvalue weighted by molar-refractivity contribution is 1.18. The fourth-order valence-corrected chi connectivity index (χ4v) is 2.29. The monoisotopic (exact) mass is 290 g/mol. The van der Waals surface area contributed by atoms with Gasteiger partial charge in [0.05, 0.1) is 15.9 Å². The number of nitrogens with one attached hydrogen (secondary N) is 1. The summed E-state index contributed by atoms with van der Waals surface area (Å²) < 4.78 is 0. The highest BCUT2D eigenvalue weighted by Gasteiger charge is 2.08. The van der Waals surface area contributed by atoms with Crippen LogP contribution in [0.3, 0.4) is 0 Å². The number of hydrogen-bond acceptors (Lipinski definition) is 2. The molecule has 0 fully saturated rings. The van der Waals surface area contributed by atoms with E-state index in [2.05, 4.69) is 9.97 Å². The quantitative estimate of drug-likeness (QED) is 0.739. The maximum Gasteiger partial charge on any atom is 0.259 e. The van der Waals surface area contributed by atoms with Gasteiger partial charge < -0.3 is 4.98 Å². The molecule has 19 heavy (non-hydrogen) atoms. The smallest absolute Gasteiger partial charge is 0.259 e. The molecule has 0 unspecified atom stereocenters. The molecule has 0 aliphatic rings. The van der Waals surface area contributed by atoms with Crippen molar-refractivity contribution < 1.29 is 0 Å². The Bertz CT molecular complexity index is 827. The van der Waals surface area contributed by atoms with E-state index in [1.165, 1.54) is 0 Å². The molecule has 1 aromatic heterocycles. The minimum Gasteiger partial charge on any atom is -0.306 e. The zero-order valence-electron chi connectivity index (χ0n) is 9.65. The summed E-state index contributed by atoms with van der Waals surface area (Å²) >= 11 is 12.0. The van der Waals surface area contributed by atoms with Crippen LogP contribution in [0.5, 0.6) is 0 Å². The molecule has 0 saturated carbocycles. The molecule has 0 amide bonds. The summed E-state index contributed by atoms with van der Waals surface area (Å²) in [4.78, 5) is 19.2. The van der Waals surface area contributed by atoms with Crippen molar-refractivity contribution in [2.45, 2.75) is 0 Å². The molecule has 0 bridgehead atoms. The summed E-state index contributed by atoms with van der Waals surface area (Å²) in [6, 6.07) is 12.2. The molecule has 0 radical (unpaired) electrons. The molecule has 3 rings (SSSR count). The first-order valence-electron chi connectivity index (χ1n) is 5.59. The Balaban J connectivity index is 2.31. The number of benzene rings is 2. The standard InChI is InChI=1S/C14H8Cl2N2O/c15-8-5-6-12-10(7-8)14(19)18-13(17-12)9-3-1-2-4-11(9)16/h1-7H,(H,17,18,19). The van der Waals surface area contributed by atoms with E-state index in [9.17, 15) is 4.79 Å². The minimum atomic E-state index is -0.234. The van der Waals surface area contributed by atoms with Gasteiger partial charge >= 0.3 is 0 Å². The molecule has 3 nitrogen and oxygen atoms in total. The molecule has 1 N–H and O–H groups in total. The van der Waals surface area contributed by atoms with Crippen LogP contribution in [-0.2, 0) is 0 Å². The van der Waals surface area contributed by atoms with Gasteiger partial charge in [-0.25, -0.2) is 4.98 Å². The summed E-state index contributed by atoms with van der Waals surface area (Å²) in [6.45, 7) is 0. The number of hydrogen-bond donors (Lipinski definition) is 1. The first-order valence-corrected chi connectivity index (χ1v) is 6.35. The number of aromatic nitrogens is 2. The molecule has 5 heteroatoms. The van der Waals surface area contributed by atoms with Crippen molar-refractivity contribution in [1.82, 2.24) is 9.97 Å². The maximum atomic E-state index is 12.0. The van der Waals surface area contributed by atoms with E-state index in [0.29, 0.717) is 32.3 Å². The highest BCUT2D eigenvalue weighted by atomic mass is 35.5. The van der Waals surface area contributed by atoms with Crippen LogP contribution < -0.4 is 5.56 Å². The molecule has 0 aliphatic carbocycles. The zero-order chi connectivity index (χ0) is 13.4. The summed E-state index contributed by atoms with van der Waals surface area (Å²) in [6.07, 6.45) is 0. The SMILES string of the molecule is O=c1[nH]c(-c2ccccc2Cl)nc2ccc(Cl)cc12. The van der Waals surface area contributed by atoms with E-state index in [4.69, 9.17) is 23.2 Å². The van der Waals surface area contributed by atoms with Crippen LogP contribution in [0.4, 0.5) is 0 Å². The third-order valence-electron chi connectivity index (χ3n) is 2.80. The summed E-state index contributed by atoms with van der Waals surface area (Å²) in [7, 11) is 0. The predicted octanol–water partition coefficient (Wildman–Crippen LogP) is 3.90. The fourth-order valence-electron chi connectivity index (χ4n) is 1.89. The lowest BCUT2D eigenvalue weighted by atomic mass is 10.2. The Hall–Kier alpha value is -1.84. The minimum absolute atomic E-state index is 0.234. The van der Waals surface area contributed by atoms with Gasteiger partial charge in [0.15, 0.2) is 0 Å². The van der Waals surface area contributed by atoms with Crippen molar-refractivity contribution in [3.05, 3.63) is 62.9 Å². The van der Waals surface area contributed by atoms with Gasteiger partial charge in [-0.05, 0) is 30.3 Å². The average molecular weight is 291 g/mol. The van der Waals surface area contributed by atoms with Crippen LogP contribution in [-0.4, -0.2) is 9.97 Å². The second kappa shape index (κ2) is 4.68. The third-order valence-corrected chi connectivity index (χ3v) is 3.36. The fraction of sp³-hybridized carbons (Fsp3) is 0. The highest BCUT2D eigenvalue weighted by molar-refractivity contribution is 6.33. The molecule has 3 aromatic rings. The number of rotatable bonds is 1. The van der Waals surface area contributed by atoms with Gasteiger partial charge in [-0.1, -0.05) is 35.3 Å². The van der Waals surface area contributed by atoms with Gasteiger partial charge in [0.1, 0.15) is 5.82 Å². The molecule has 1 heterocycles. The van der Waals surface area contributed by atoms with Crippen molar-refractivity contribution in [2.75, 3.05) is 0 Å². The second-order valence-corrected chi connectivity index (χ2v) is 4.90. The Morgan fingerprint density at radius 1 is 1.05 bits per heavy atom. The number of aromatic amines is 1. The summed E-state index contributed by atoms with van der Waals surface area (Å²) in [5.74, 6) is 0.449. The number of nitrogens with zero attached hydrogens (tertiary/aromatic N) is 1. The number of fused-ring (bicyclic) bond motifs is 1. The number of halogens is 2. The highest BCUT2D eigenvalue weighted by Crippen LogP contribution is 2.25. The summed E-state index contributed by atoms with van der Waals surface area (Å²) in [5, 5.41) is 1.51. The van der Waals surface area contributed by atoms with E-state index in [0.717, 1.165) is 0 Å². The molecule has 94 valence electrons. The number of H-pyrrole nitrogens is 1. The lowest BCUT2D eigenvalue weighted by Crippen LogP contribution is -2.09. The van der Waals surface area contributed by atoms with Gasteiger partial charge in [0, 0.05) is 10.6 Å². The van der Waals surface area contributed by atoms with Gasteiger partial charge in [0.2, 0.25) is 0 Å². The van der Waals surface area contributed by atoms with Crippen molar-refractivity contribution >= 4 is 34.1 Å². The van der Waals surface area contributed by atoms with E-state index in [1.54, 1.807) is 24.3 Å². The Kier molecular flexibility index (Phi) is 3.01. The molecular weight excluding hydrogens is 283 g/mol. The van der Waals surface area contributed by atoms with Crippen LogP contribution in [0.2, 0.25) is 10.0 Å².